The number of Topliss-reactive ketones (excluding diaryl/α,β-unsaturated/α-hetero) is 2. The molecule has 0 saturated heterocycles. The lowest BCUT2D eigenvalue weighted by atomic mass is 9.97. The third kappa shape index (κ3) is 5.41. The molecule has 0 spiro atoms. The van der Waals surface area contributed by atoms with Crippen LogP contribution in [-0.2, 0) is 12.8 Å². The zero-order valence-corrected chi connectivity index (χ0v) is 19.3. The molecule has 0 bridgehead atoms. The van der Waals surface area contributed by atoms with Gasteiger partial charge in [0.1, 0.15) is 17.3 Å². The van der Waals surface area contributed by atoms with E-state index in [4.69, 9.17) is 9.47 Å². The van der Waals surface area contributed by atoms with Crippen molar-refractivity contribution in [1.29, 1.82) is 0 Å². The summed E-state index contributed by atoms with van der Waals surface area (Å²) < 4.78 is 24.7. The second-order valence-electron chi connectivity index (χ2n) is 7.83. The van der Waals surface area contributed by atoms with Crippen LogP contribution in [0.5, 0.6) is 11.5 Å². The van der Waals surface area contributed by atoms with E-state index in [0.717, 1.165) is 0 Å². The normalized spacial score (nSPS) is 10.6. The van der Waals surface area contributed by atoms with Gasteiger partial charge in [-0.1, -0.05) is 18.2 Å². The van der Waals surface area contributed by atoms with E-state index in [1.54, 1.807) is 73.2 Å². The molecule has 2 heterocycles. The Morgan fingerprint density at radius 3 is 2.37 bits per heavy atom. The van der Waals surface area contributed by atoms with Gasteiger partial charge in [0.05, 0.1) is 31.7 Å². The van der Waals surface area contributed by atoms with Crippen LogP contribution in [0.1, 0.15) is 31.8 Å². The standard InChI is InChI=1S/C28H23FN2O4/c1-34-27-10-8-19(14-22(27)26(33)15-20-11-12-30-17-28(20)35-2)25(32)13-18-7-9-24(31-16-18)21-5-3-4-6-23(21)29/h3-12,14,16-17H,13,15H2,1-2H3. The van der Waals surface area contributed by atoms with Crippen molar-refractivity contribution in [1.82, 2.24) is 9.97 Å². The summed E-state index contributed by atoms with van der Waals surface area (Å²) in [5.74, 6) is 0.151. The lowest BCUT2D eigenvalue weighted by molar-refractivity contribution is 0.0989. The van der Waals surface area contributed by atoms with Crippen LogP contribution in [0, 0.1) is 5.82 Å². The molecule has 0 aliphatic heterocycles. The van der Waals surface area contributed by atoms with Crippen LogP contribution in [0.15, 0.2) is 79.3 Å². The summed E-state index contributed by atoms with van der Waals surface area (Å²) in [5.41, 5.74) is 2.95. The van der Waals surface area contributed by atoms with Gasteiger partial charge < -0.3 is 9.47 Å². The van der Waals surface area contributed by atoms with Gasteiger partial charge in [-0.3, -0.25) is 19.6 Å². The lowest BCUT2D eigenvalue weighted by Gasteiger charge is -2.11. The molecule has 0 amide bonds. The first-order valence-corrected chi connectivity index (χ1v) is 10.9. The highest BCUT2D eigenvalue weighted by Gasteiger charge is 2.18. The van der Waals surface area contributed by atoms with Gasteiger partial charge in [0, 0.05) is 41.9 Å². The Hall–Kier alpha value is -4.39. The molecule has 0 aliphatic carbocycles. The van der Waals surface area contributed by atoms with Gasteiger partial charge in [-0.2, -0.15) is 0 Å². The number of hydrogen-bond acceptors (Lipinski definition) is 6. The predicted molar refractivity (Wildman–Crippen MR) is 129 cm³/mol. The second kappa shape index (κ2) is 10.7. The Morgan fingerprint density at radius 2 is 1.66 bits per heavy atom. The number of rotatable bonds is 9. The van der Waals surface area contributed by atoms with Gasteiger partial charge in [0.25, 0.3) is 0 Å². The van der Waals surface area contributed by atoms with Gasteiger partial charge in [-0.15, -0.1) is 0 Å². The summed E-state index contributed by atoms with van der Waals surface area (Å²) in [7, 11) is 2.99. The molecule has 4 aromatic rings. The first-order valence-electron chi connectivity index (χ1n) is 10.9. The quantitative estimate of drug-likeness (QED) is 0.315. The number of nitrogens with zero attached hydrogens (tertiary/aromatic N) is 2. The minimum atomic E-state index is -0.358. The van der Waals surface area contributed by atoms with Crippen LogP contribution < -0.4 is 9.47 Å². The molecule has 176 valence electrons. The van der Waals surface area contributed by atoms with Crippen LogP contribution in [0.3, 0.4) is 0 Å². The van der Waals surface area contributed by atoms with Crippen LogP contribution in [0.4, 0.5) is 4.39 Å². The Kier molecular flexibility index (Phi) is 7.26. The number of hydrogen-bond donors (Lipinski definition) is 0. The summed E-state index contributed by atoms with van der Waals surface area (Å²) in [5, 5.41) is 0. The summed E-state index contributed by atoms with van der Waals surface area (Å²) in [6, 6.07) is 16.3. The topological polar surface area (TPSA) is 78.4 Å². The van der Waals surface area contributed by atoms with Crippen LogP contribution in [-0.4, -0.2) is 35.8 Å². The van der Waals surface area contributed by atoms with Crippen molar-refractivity contribution in [3.63, 3.8) is 0 Å². The highest BCUT2D eigenvalue weighted by Crippen LogP contribution is 2.25. The summed E-state index contributed by atoms with van der Waals surface area (Å²) >= 11 is 0. The highest BCUT2D eigenvalue weighted by molar-refractivity contribution is 6.04. The summed E-state index contributed by atoms with van der Waals surface area (Å²) in [6.07, 6.45) is 4.86. The maximum Gasteiger partial charge on any atom is 0.171 e. The molecule has 0 N–H and O–H groups in total. The third-order valence-corrected chi connectivity index (χ3v) is 5.60. The Bertz CT molecular complexity index is 1370. The van der Waals surface area contributed by atoms with E-state index >= 15 is 0 Å². The van der Waals surface area contributed by atoms with Gasteiger partial charge in [-0.25, -0.2) is 4.39 Å². The number of carbonyl (C=O) groups is 2. The van der Waals surface area contributed by atoms with Crippen LogP contribution >= 0.6 is 0 Å². The zero-order chi connectivity index (χ0) is 24.8. The molecule has 2 aromatic heterocycles. The summed E-state index contributed by atoms with van der Waals surface area (Å²) in [4.78, 5) is 34.4. The van der Waals surface area contributed by atoms with Crippen molar-refractivity contribution in [2.75, 3.05) is 14.2 Å². The average Bonchev–Trinajstić information content (AvgIpc) is 2.89. The van der Waals surface area contributed by atoms with Crippen molar-refractivity contribution in [3.8, 4) is 22.8 Å². The zero-order valence-electron chi connectivity index (χ0n) is 19.3. The van der Waals surface area contributed by atoms with E-state index in [1.807, 2.05) is 0 Å². The SMILES string of the molecule is COc1cnccc1CC(=O)c1cc(C(=O)Cc2ccc(-c3ccccc3F)nc2)ccc1OC. The number of ether oxygens (including phenoxy) is 2. The minimum absolute atomic E-state index is 0.0706. The Morgan fingerprint density at radius 1 is 0.857 bits per heavy atom. The molecule has 2 aromatic carbocycles. The van der Waals surface area contributed by atoms with Gasteiger partial charge >= 0.3 is 0 Å². The number of aromatic nitrogens is 2. The number of halogens is 1. The highest BCUT2D eigenvalue weighted by atomic mass is 19.1. The lowest BCUT2D eigenvalue weighted by Crippen LogP contribution is -2.10. The largest absolute Gasteiger partial charge is 0.496 e. The van der Waals surface area contributed by atoms with E-state index in [9.17, 15) is 14.0 Å². The number of ketones is 2. The average molecular weight is 471 g/mol. The first-order chi connectivity index (χ1) is 17.0. The number of carbonyl (C=O) groups excluding carboxylic acids is 2. The third-order valence-electron chi connectivity index (χ3n) is 5.60. The molecule has 0 unspecified atom stereocenters. The van der Waals surface area contributed by atoms with Crippen molar-refractivity contribution >= 4 is 11.6 Å². The molecule has 0 saturated carbocycles. The molecular formula is C28H23FN2O4. The number of pyridine rings is 2. The van der Waals surface area contributed by atoms with Crippen molar-refractivity contribution in [3.05, 3.63) is 107 Å². The molecule has 0 fully saturated rings. The fourth-order valence-electron chi connectivity index (χ4n) is 3.75. The van der Waals surface area contributed by atoms with Crippen molar-refractivity contribution in [2.45, 2.75) is 12.8 Å². The fraction of sp³-hybridized carbons (Fsp3) is 0.143. The van der Waals surface area contributed by atoms with Crippen molar-refractivity contribution in [2.24, 2.45) is 0 Å². The molecule has 0 atom stereocenters. The predicted octanol–water partition coefficient (Wildman–Crippen LogP) is 5.15. The molecule has 0 aliphatic rings. The van der Waals surface area contributed by atoms with E-state index in [2.05, 4.69) is 9.97 Å². The fourth-order valence-corrected chi connectivity index (χ4v) is 3.75. The number of methoxy groups -OCH3 is 2. The molecule has 0 radical (unpaired) electrons. The van der Waals surface area contributed by atoms with Crippen LogP contribution in [0.25, 0.3) is 11.3 Å². The second-order valence-corrected chi connectivity index (χ2v) is 7.83. The molecule has 7 heteroatoms. The van der Waals surface area contributed by atoms with E-state index in [0.29, 0.717) is 45.0 Å². The van der Waals surface area contributed by atoms with Gasteiger partial charge in [0.15, 0.2) is 11.6 Å². The smallest absolute Gasteiger partial charge is 0.171 e. The summed E-state index contributed by atoms with van der Waals surface area (Å²) in [6.45, 7) is 0. The molecule has 35 heavy (non-hydrogen) atoms. The van der Waals surface area contributed by atoms with E-state index < -0.39 is 0 Å². The maximum absolute atomic E-state index is 14.0. The van der Waals surface area contributed by atoms with Crippen LogP contribution in [0.2, 0.25) is 0 Å². The number of benzene rings is 2. The molecular weight excluding hydrogens is 447 g/mol. The monoisotopic (exact) mass is 470 g/mol. The van der Waals surface area contributed by atoms with Gasteiger partial charge in [-0.05, 0) is 48.0 Å². The maximum atomic E-state index is 14.0. The Balaban J connectivity index is 1.53. The molecule has 4 rings (SSSR count). The minimum Gasteiger partial charge on any atom is -0.496 e. The van der Waals surface area contributed by atoms with E-state index in [1.165, 1.54) is 20.3 Å². The van der Waals surface area contributed by atoms with Crippen molar-refractivity contribution < 1.29 is 23.5 Å². The van der Waals surface area contributed by atoms with E-state index in [-0.39, 0.29) is 30.2 Å². The van der Waals surface area contributed by atoms with Gasteiger partial charge in [0.2, 0.25) is 0 Å². The Labute approximate surface area is 202 Å². The first kappa shape index (κ1) is 23.8. The molecule has 6 nitrogen and oxygen atoms in total.